The van der Waals surface area contributed by atoms with Gasteiger partial charge in [0.15, 0.2) is 0 Å². The van der Waals surface area contributed by atoms with Crippen molar-refractivity contribution in [3.63, 3.8) is 0 Å². The smallest absolute Gasteiger partial charge is 0.253 e. The monoisotopic (exact) mass is 349 g/mol. The van der Waals surface area contributed by atoms with Crippen LogP contribution in [0.4, 0.5) is 5.69 Å². The quantitative estimate of drug-likeness (QED) is 0.877. The summed E-state index contributed by atoms with van der Waals surface area (Å²) in [5, 5.41) is 18.7. The number of hydrogen-bond acceptors (Lipinski definition) is 6. The molecule has 0 bridgehead atoms. The number of aryl methyl sites for hydroxylation is 2. The first kappa shape index (κ1) is 16.4. The van der Waals surface area contributed by atoms with E-state index >= 15 is 0 Å². The summed E-state index contributed by atoms with van der Waals surface area (Å²) in [6.07, 6.45) is 2.17. The Morgan fingerprint density at radius 1 is 1.08 bits per heavy atom. The molecule has 0 unspecified atom stereocenters. The van der Waals surface area contributed by atoms with Gasteiger partial charge in [0.1, 0.15) is 12.4 Å². The molecular formula is C19H19N5O2. The van der Waals surface area contributed by atoms with Crippen LogP contribution in [0.15, 0.2) is 63.1 Å². The first-order valence-electron chi connectivity index (χ1n) is 8.67. The lowest BCUT2D eigenvalue weighted by Crippen LogP contribution is -2.27. The highest BCUT2D eigenvalue weighted by molar-refractivity contribution is 5.93. The lowest BCUT2D eigenvalue weighted by atomic mass is 9.99. The molecule has 7 heteroatoms. The number of rotatable bonds is 5. The molecular weight excluding hydrogens is 330 g/mol. The number of fused-ring (bicyclic) bond motifs is 1. The Morgan fingerprint density at radius 2 is 1.85 bits per heavy atom. The van der Waals surface area contributed by atoms with Gasteiger partial charge in [0.2, 0.25) is 5.91 Å². The molecule has 2 aromatic rings. The molecule has 4 rings (SSSR count). The van der Waals surface area contributed by atoms with Crippen molar-refractivity contribution in [2.24, 2.45) is 20.7 Å². The molecule has 2 aliphatic rings. The van der Waals surface area contributed by atoms with Gasteiger partial charge < -0.3 is 10.1 Å². The Hall–Kier alpha value is -3.09. The normalized spacial score (nSPS) is 17.0. The van der Waals surface area contributed by atoms with E-state index in [4.69, 9.17) is 4.74 Å². The largest absolute Gasteiger partial charge is 0.488 e. The highest BCUT2D eigenvalue weighted by Gasteiger charge is 2.37. The maximum atomic E-state index is 11.5. The number of carbonyl (C=O) groups excluding carboxylic acids is 1. The molecule has 7 nitrogen and oxygen atoms in total. The van der Waals surface area contributed by atoms with Crippen LogP contribution in [0, 0.1) is 0 Å². The van der Waals surface area contributed by atoms with Gasteiger partial charge in [-0.3, -0.25) is 4.79 Å². The summed E-state index contributed by atoms with van der Waals surface area (Å²) in [5.41, 5.74) is 3.10. The van der Waals surface area contributed by atoms with Crippen molar-refractivity contribution in [3.05, 3.63) is 59.2 Å². The molecule has 26 heavy (non-hydrogen) atoms. The topological polar surface area (TPSA) is 87.8 Å². The van der Waals surface area contributed by atoms with Crippen LogP contribution in [0.25, 0.3) is 0 Å². The average Bonchev–Trinajstić information content (AvgIpc) is 3.16. The Labute approximate surface area is 151 Å². The number of ether oxygens (including phenoxy) is 1. The van der Waals surface area contributed by atoms with Crippen LogP contribution in [0.1, 0.15) is 30.0 Å². The minimum absolute atomic E-state index is 0.0485. The molecule has 0 aromatic heterocycles. The summed E-state index contributed by atoms with van der Waals surface area (Å²) in [6.45, 7) is 2.32. The number of carbonyl (C=O) groups is 1. The predicted molar refractivity (Wildman–Crippen MR) is 96.1 cm³/mol. The third-order valence-electron chi connectivity index (χ3n) is 4.70. The van der Waals surface area contributed by atoms with Crippen LogP contribution in [-0.4, -0.2) is 12.5 Å². The van der Waals surface area contributed by atoms with E-state index < -0.39 is 5.66 Å². The number of anilines is 1. The van der Waals surface area contributed by atoms with Crippen LogP contribution in [0.5, 0.6) is 5.75 Å². The van der Waals surface area contributed by atoms with Crippen molar-refractivity contribution in [2.75, 3.05) is 11.9 Å². The van der Waals surface area contributed by atoms with Crippen molar-refractivity contribution >= 4 is 11.6 Å². The first-order valence-corrected chi connectivity index (χ1v) is 8.67. The summed E-state index contributed by atoms with van der Waals surface area (Å²) < 4.78 is 5.98. The molecule has 2 aliphatic heterocycles. The predicted octanol–water partition coefficient (Wildman–Crippen LogP) is 4.20. The maximum Gasteiger partial charge on any atom is 0.253 e. The van der Waals surface area contributed by atoms with Crippen molar-refractivity contribution in [2.45, 2.75) is 31.8 Å². The summed E-state index contributed by atoms with van der Waals surface area (Å²) in [7, 11) is 0. The zero-order chi connectivity index (χ0) is 18.0. The van der Waals surface area contributed by atoms with E-state index in [2.05, 4.69) is 45.0 Å². The third kappa shape index (κ3) is 3.08. The Kier molecular flexibility index (Phi) is 4.20. The molecule has 0 radical (unpaired) electrons. The SMILES string of the molecule is CCc1ccc(C2(COc3ccc4c(c3)CCC(=O)N4)N=NN=N2)cc1. The minimum Gasteiger partial charge on any atom is -0.488 e. The highest BCUT2D eigenvalue weighted by atomic mass is 16.5. The zero-order valence-corrected chi connectivity index (χ0v) is 14.5. The molecule has 1 amide bonds. The second-order valence-corrected chi connectivity index (χ2v) is 6.40. The van der Waals surface area contributed by atoms with E-state index in [0.717, 1.165) is 23.2 Å². The summed E-state index contributed by atoms with van der Waals surface area (Å²) >= 11 is 0. The highest BCUT2D eigenvalue weighted by Crippen LogP contribution is 2.34. The standard InChI is InChI=1S/C19H19N5O2/c1-2-13-3-6-15(7-4-13)19(21-23-24-22-19)12-26-16-8-9-17-14(11-16)5-10-18(25)20-17/h3-4,6-9,11H,2,5,10,12H2,1H3,(H,20,25). The molecule has 0 saturated heterocycles. The van der Waals surface area contributed by atoms with Gasteiger partial charge in [-0.25, -0.2) is 0 Å². The lowest BCUT2D eigenvalue weighted by Gasteiger charge is -2.22. The van der Waals surface area contributed by atoms with Gasteiger partial charge >= 0.3 is 0 Å². The number of amides is 1. The Bertz CT molecular complexity index is 877. The van der Waals surface area contributed by atoms with Crippen molar-refractivity contribution in [3.8, 4) is 5.75 Å². The third-order valence-corrected chi connectivity index (χ3v) is 4.70. The van der Waals surface area contributed by atoms with Gasteiger partial charge in [0, 0.05) is 17.7 Å². The minimum atomic E-state index is -0.948. The Balaban J connectivity index is 1.54. The van der Waals surface area contributed by atoms with Crippen LogP contribution in [0.2, 0.25) is 0 Å². The van der Waals surface area contributed by atoms with Crippen LogP contribution < -0.4 is 10.1 Å². The molecule has 0 saturated carbocycles. The Morgan fingerprint density at radius 3 is 2.58 bits per heavy atom. The van der Waals surface area contributed by atoms with Gasteiger partial charge in [-0.15, -0.1) is 10.2 Å². The number of nitrogens with one attached hydrogen (secondary N) is 1. The average molecular weight is 349 g/mol. The summed E-state index contributed by atoms with van der Waals surface area (Å²) in [6, 6.07) is 13.8. The number of benzene rings is 2. The van der Waals surface area contributed by atoms with Crippen molar-refractivity contribution < 1.29 is 9.53 Å². The van der Waals surface area contributed by atoms with Crippen LogP contribution in [0.3, 0.4) is 0 Å². The molecule has 0 fully saturated rings. The van der Waals surface area contributed by atoms with Gasteiger partial charge in [0.25, 0.3) is 5.66 Å². The van der Waals surface area contributed by atoms with Crippen LogP contribution in [-0.2, 0) is 23.3 Å². The zero-order valence-electron chi connectivity index (χ0n) is 14.5. The maximum absolute atomic E-state index is 11.5. The molecule has 1 N–H and O–H groups in total. The summed E-state index contributed by atoms with van der Waals surface area (Å²) in [4.78, 5) is 11.5. The number of nitrogens with zero attached hydrogens (tertiary/aromatic N) is 4. The molecule has 0 atom stereocenters. The lowest BCUT2D eigenvalue weighted by molar-refractivity contribution is -0.116. The molecule has 132 valence electrons. The summed E-state index contributed by atoms with van der Waals surface area (Å²) in [5.74, 6) is 0.758. The van der Waals surface area contributed by atoms with Gasteiger partial charge in [-0.05, 0) is 52.6 Å². The van der Waals surface area contributed by atoms with Crippen LogP contribution >= 0.6 is 0 Å². The number of hydrogen-bond donors (Lipinski definition) is 1. The van der Waals surface area contributed by atoms with Gasteiger partial charge in [-0.1, -0.05) is 31.2 Å². The fraction of sp³-hybridized carbons (Fsp3) is 0.316. The second kappa shape index (κ2) is 6.67. The second-order valence-electron chi connectivity index (χ2n) is 6.40. The molecule has 2 heterocycles. The van der Waals surface area contributed by atoms with E-state index in [1.807, 2.05) is 30.3 Å². The van der Waals surface area contributed by atoms with E-state index in [9.17, 15) is 4.79 Å². The fourth-order valence-electron chi connectivity index (χ4n) is 3.11. The molecule has 2 aromatic carbocycles. The fourth-order valence-corrected chi connectivity index (χ4v) is 3.11. The van der Waals surface area contributed by atoms with Gasteiger partial charge in [-0.2, -0.15) is 0 Å². The first-order chi connectivity index (χ1) is 12.7. The van der Waals surface area contributed by atoms with E-state index in [1.165, 1.54) is 5.56 Å². The van der Waals surface area contributed by atoms with E-state index in [1.54, 1.807) is 0 Å². The molecule has 0 spiro atoms. The van der Waals surface area contributed by atoms with E-state index in [0.29, 0.717) is 18.6 Å². The van der Waals surface area contributed by atoms with E-state index in [-0.39, 0.29) is 12.5 Å². The van der Waals surface area contributed by atoms with Gasteiger partial charge in [0.05, 0.1) is 0 Å². The van der Waals surface area contributed by atoms with Crippen molar-refractivity contribution in [1.29, 1.82) is 0 Å². The van der Waals surface area contributed by atoms with Crippen molar-refractivity contribution in [1.82, 2.24) is 0 Å². The molecule has 0 aliphatic carbocycles.